The van der Waals surface area contributed by atoms with Crippen LogP contribution in [-0.4, -0.2) is 44.1 Å². The predicted octanol–water partition coefficient (Wildman–Crippen LogP) is 1.59. The van der Waals surface area contributed by atoms with Gasteiger partial charge in [-0.1, -0.05) is 6.07 Å². The van der Waals surface area contributed by atoms with Gasteiger partial charge in [0.15, 0.2) is 17.3 Å². The van der Waals surface area contributed by atoms with Crippen LogP contribution in [0, 0.1) is 0 Å². The molecule has 0 bridgehead atoms. The first kappa shape index (κ1) is 13.2. The minimum atomic E-state index is 0.0124. The van der Waals surface area contributed by atoms with Gasteiger partial charge in [-0.2, -0.15) is 11.8 Å². The second-order valence-corrected chi connectivity index (χ2v) is 5.14. The highest BCUT2D eigenvalue weighted by atomic mass is 32.2. The summed E-state index contributed by atoms with van der Waals surface area (Å²) in [5.41, 5.74) is 0.584. The van der Waals surface area contributed by atoms with E-state index in [0.717, 1.165) is 11.5 Å². The SMILES string of the molecule is CNCC(=O)c1cccc(OC)c1OC1CSC1. The van der Waals surface area contributed by atoms with Crippen molar-refractivity contribution in [2.75, 3.05) is 32.2 Å². The summed E-state index contributed by atoms with van der Waals surface area (Å²) in [6.45, 7) is 0.295. The third-order valence-electron chi connectivity index (χ3n) is 2.73. The molecule has 0 saturated carbocycles. The summed E-state index contributed by atoms with van der Waals surface area (Å²) in [4.78, 5) is 12.0. The predicted molar refractivity (Wildman–Crippen MR) is 73.0 cm³/mol. The monoisotopic (exact) mass is 267 g/mol. The van der Waals surface area contributed by atoms with Crippen molar-refractivity contribution in [3.05, 3.63) is 23.8 Å². The van der Waals surface area contributed by atoms with Gasteiger partial charge in [0.1, 0.15) is 6.10 Å². The Morgan fingerprint density at radius 2 is 2.28 bits per heavy atom. The van der Waals surface area contributed by atoms with E-state index in [0.29, 0.717) is 23.6 Å². The lowest BCUT2D eigenvalue weighted by Gasteiger charge is -2.27. The van der Waals surface area contributed by atoms with Crippen molar-refractivity contribution in [2.45, 2.75) is 6.10 Å². The number of hydrogen-bond acceptors (Lipinski definition) is 5. The van der Waals surface area contributed by atoms with Gasteiger partial charge in [0.2, 0.25) is 0 Å². The first-order chi connectivity index (χ1) is 8.76. The van der Waals surface area contributed by atoms with Crippen LogP contribution in [0.2, 0.25) is 0 Å². The van der Waals surface area contributed by atoms with Crippen LogP contribution in [0.25, 0.3) is 0 Å². The van der Waals surface area contributed by atoms with Gasteiger partial charge in [-0.05, 0) is 19.2 Å². The smallest absolute Gasteiger partial charge is 0.180 e. The highest BCUT2D eigenvalue weighted by molar-refractivity contribution is 8.00. The number of ether oxygens (including phenoxy) is 2. The first-order valence-corrected chi connectivity index (χ1v) is 7.01. The van der Waals surface area contributed by atoms with Gasteiger partial charge in [-0.25, -0.2) is 0 Å². The molecule has 0 amide bonds. The molecule has 1 aromatic carbocycles. The topological polar surface area (TPSA) is 47.6 Å². The molecule has 1 N–H and O–H groups in total. The molecule has 0 atom stereocenters. The summed E-state index contributed by atoms with van der Waals surface area (Å²) < 4.78 is 11.2. The number of rotatable bonds is 6. The number of ketones is 1. The second-order valence-electron chi connectivity index (χ2n) is 4.07. The lowest BCUT2D eigenvalue weighted by Crippen LogP contribution is -2.32. The van der Waals surface area contributed by atoms with Crippen molar-refractivity contribution in [3.63, 3.8) is 0 Å². The molecule has 1 saturated heterocycles. The minimum Gasteiger partial charge on any atom is -0.493 e. The van der Waals surface area contributed by atoms with Crippen LogP contribution < -0.4 is 14.8 Å². The van der Waals surface area contributed by atoms with Gasteiger partial charge >= 0.3 is 0 Å². The molecule has 0 unspecified atom stereocenters. The van der Waals surface area contributed by atoms with Crippen LogP contribution >= 0.6 is 11.8 Å². The number of carbonyl (C=O) groups is 1. The third-order valence-corrected chi connectivity index (χ3v) is 3.94. The minimum absolute atomic E-state index is 0.0124. The average Bonchev–Trinajstić information content (AvgIpc) is 2.33. The molecule has 1 aliphatic heterocycles. The van der Waals surface area contributed by atoms with Gasteiger partial charge < -0.3 is 14.8 Å². The van der Waals surface area contributed by atoms with E-state index < -0.39 is 0 Å². The maximum Gasteiger partial charge on any atom is 0.180 e. The van der Waals surface area contributed by atoms with Crippen LogP contribution in [0.5, 0.6) is 11.5 Å². The van der Waals surface area contributed by atoms with Crippen LogP contribution in [-0.2, 0) is 0 Å². The standard InChI is InChI=1S/C13H17NO3S/c1-14-6-11(15)10-4-3-5-12(16-2)13(10)17-9-7-18-8-9/h3-5,9,14H,6-8H2,1-2H3. The summed E-state index contributed by atoms with van der Waals surface area (Å²) in [6, 6.07) is 5.41. The maximum absolute atomic E-state index is 12.0. The molecule has 0 aromatic heterocycles. The number of nitrogens with one attached hydrogen (secondary N) is 1. The Hall–Kier alpha value is -1.20. The zero-order valence-corrected chi connectivity index (χ0v) is 11.4. The number of carbonyl (C=O) groups excluding carboxylic acids is 1. The van der Waals surface area contributed by atoms with Gasteiger partial charge in [0.05, 0.1) is 19.2 Å². The molecule has 18 heavy (non-hydrogen) atoms. The highest BCUT2D eigenvalue weighted by Gasteiger charge is 2.24. The molecule has 98 valence electrons. The molecule has 0 aliphatic carbocycles. The molecular formula is C13H17NO3S. The lowest BCUT2D eigenvalue weighted by atomic mass is 10.1. The molecule has 2 rings (SSSR count). The fourth-order valence-corrected chi connectivity index (χ4v) is 2.29. The Morgan fingerprint density at radius 3 is 2.83 bits per heavy atom. The number of thioether (sulfide) groups is 1. The van der Waals surface area contributed by atoms with E-state index in [4.69, 9.17) is 9.47 Å². The summed E-state index contributed by atoms with van der Waals surface area (Å²) in [6.07, 6.45) is 0.187. The number of methoxy groups -OCH3 is 1. The average molecular weight is 267 g/mol. The quantitative estimate of drug-likeness (QED) is 0.793. The molecule has 5 heteroatoms. The van der Waals surface area contributed by atoms with Crippen molar-refractivity contribution in [1.82, 2.24) is 5.32 Å². The summed E-state index contributed by atoms with van der Waals surface area (Å²) in [7, 11) is 3.34. The number of benzene rings is 1. The molecule has 1 heterocycles. The highest BCUT2D eigenvalue weighted by Crippen LogP contribution is 2.34. The van der Waals surface area contributed by atoms with E-state index in [2.05, 4.69) is 5.32 Å². The summed E-state index contributed by atoms with van der Waals surface area (Å²) >= 11 is 1.84. The largest absolute Gasteiger partial charge is 0.493 e. The lowest BCUT2D eigenvalue weighted by molar-refractivity contribution is 0.0986. The molecule has 0 radical (unpaired) electrons. The number of likely N-dealkylation sites (N-methyl/N-ethyl adjacent to an activating group) is 1. The van der Waals surface area contributed by atoms with Crippen molar-refractivity contribution in [2.24, 2.45) is 0 Å². The Morgan fingerprint density at radius 1 is 1.50 bits per heavy atom. The van der Waals surface area contributed by atoms with E-state index in [-0.39, 0.29) is 11.9 Å². The van der Waals surface area contributed by atoms with Crippen molar-refractivity contribution >= 4 is 17.5 Å². The van der Waals surface area contributed by atoms with Gasteiger partial charge in [0.25, 0.3) is 0 Å². The van der Waals surface area contributed by atoms with Crippen molar-refractivity contribution in [1.29, 1.82) is 0 Å². The Bertz CT molecular complexity index is 432. The van der Waals surface area contributed by atoms with Crippen molar-refractivity contribution in [3.8, 4) is 11.5 Å². The van der Waals surface area contributed by atoms with E-state index in [9.17, 15) is 4.79 Å². The third kappa shape index (κ3) is 2.79. The van der Waals surface area contributed by atoms with Gasteiger partial charge in [-0.15, -0.1) is 0 Å². The van der Waals surface area contributed by atoms with Crippen LogP contribution in [0.3, 0.4) is 0 Å². The first-order valence-electron chi connectivity index (χ1n) is 5.85. The number of Topliss-reactive ketones (excluding diaryl/α,β-unsaturated/α-hetero) is 1. The zero-order valence-electron chi connectivity index (χ0n) is 10.6. The molecule has 0 spiro atoms. The summed E-state index contributed by atoms with van der Waals surface area (Å²) in [5, 5.41) is 2.86. The molecule has 1 aliphatic rings. The normalized spacial score (nSPS) is 15.0. The fraction of sp³-hybridized carbons (Fsp3) is 0.462. The molecular weight excluding hydrogens is 250 g/mol. The fourth-order valence-electron chi connectivity index (χ4n) is 1.72. The maximum atomic E-state index is 12.0. The van der Waals surface area contributed by atoms with E-state index in [1.165, 1.54) is 0 Å². The zero-order chi connectivity index (χ0) is 13.0. The second kappa shape index (κ2) is 6.11. The van der Waals surface area contributed by atoms with Crippen molar-refractivity contribution < 1.29 is 14.3 Å². The molecule has 1 aromatic rings. The van der Waals surface area contributed by atoms with E-state index in [1.54, 1.807) is 20.2 Å². The number of hydrogen-bond donors (Lipinski definition) is 1. The molecule has 4 nitrogen and oxygen atoms in total. The Balaban J connectivity index is 2.27. The summed E-state index contributed by atoms with van der Waals surface area (Å²) in [5.74, 6) is 3.15. The van der Waals surface area contributed by atoms with Gasteiger partial charge in [-0.3, -0.25) is 4.79 Å². The Labute approximate surface area is 111 Å². The Kier molecular flexibility index (Phi) is 4.49. The van der Waals surface area contributed by atoms with Crippen LogP contribution in [0.1, 0.15) is 10.4 Å². The van der Waals surface area contributed by atoms with Gasteiger partial charge in [0, 0.05) is 11.5 Å². The molecule has 1 fully saturated rings. The van der Waals surface area contributed by atoms with Crippen LogP contribution in [0.15, 0.2) is 18.2 Å². The van der Waals surface area contributed by atoms with Crippen LogP contribution in [0.4, 0.5) is 0 Å². The van der Waals surface area contributed by atoms with E-state index >= 15 is 0 Å². The van der Waals surface area contributed by atoms with E-state index in [1.807, 2.05) is 23.9 Å². The number of para-hydroxylation sites is 1.